The number of hydrogen-bond acceptors (Lipinski definition) is 4. The predicted octanol–water partition coefficient (Wildman–Crippen LogP) is 3.52. The van der Waals surface area contributed by atoms with Gasteiger partial charge in [-0.3, -0.25) is 5.41 Å². The van der Waals surface area contributed by atoms with Crippen molar-refractivity contribution in [1.82, 2.24) is 9.55 Å². The van der Waals surface area contributed by atoms with E-state index in [0.29, 0.717) is 17.0 Å². The van der Waals surface area contributed by atoms with Crippen LogP contribution in [0.15, 0.2) is 48.2 Å². The van der Waals surface area contributed by atoms with Crippen LogP contribution in [0.2, 0.25) is 0 Å². The molecule has 2 aromatic carbocycles. The summed E-state index contributed by atoms with van der Waals surface area (Å²) in [5.74, 6) is 0.890. The van der Waals surface area contributed by atoms with E-state index in [4.69, 9.17) is 10.7 Å². The highest BCUT2D eigenvalue weighted by molar-refractivity contribution is 6.30. The smallest absolute Gasteiger partial charge is 0.148 e. The summed E-state index contributed by atoms with van der Waals surface area (Å²) in [5, 5.41) is 28.0. The molecule has 2 N–H and O–H groups in total. The van der Waals surface area contributed by atoms with Crippen molar-refractivity contribution in [1.29, 1.82) is 10.7 Å². The Kier molecular flexibility index (Phi) is 3.51. The summed E-state index contributed by atoms with van der Waals surface area (Å²) in [5.41, 5.74) is 4.66. The first-order chi connectivity index (χ1) is 12.5. The van der Waals surface area contributed by atoms with Gasteiger partial charge in [0.05, 0.1) is 34.8 Å². The Balaban J connectivity index is 1.75. The Labute approximate surface area is 150 Å². The molecule has 0 amide bonds. The van der Waals surface area contributed by atoms with Crippen molar-refractivity contribution in [2.24, 2.45) is 7.05 Å². The molecule has 1 aliphatic rings. The summed E-state index contributed by atoms with van der Waals surface area (Å²) in [6.45, 7) is 2.22. The number of imidazole rings is 1. The van der Waals surface area contributed by atoms with Gasteiger partial charge in [-0.2, -0.15) is 5.26 Å². The first kappa shape index (κ1) is 15.9. The van der Waals surface area contributed by atoms with Gasteiger partial charge in [0, 0.05) is 12.7 Å². The largest absolute Gasteiger partial charge is 0.509 e. The third-order valence-electron chi connectivity index (χ3n) is 4.67. The van der Waals surface area contributed by atoms with Crippen molar-refractivity contribution in [3.05, 3.63) is 65.2 Å². The fraction of sp³-hybridized carbons (Fsp3) is 0.150. The molecule has 1 aliphatic heterocycles. The molecule has 0 unspecified atom stereocenters. The van der Waals surface area contributed by atoms with Crippen LogP contribution in [0.25, 0.3) is 16.6 Å². The van der Waals surface area contributed by atoms with Crippen molar-refractivity contribution in [3.63, 3.8) is 0 Å². The number of benzene rings is 2. The highest BCUT2D eigenvalue weighted by Gasteiger charge is 2.32. The van der Waals surface area contributed by atoms with E-state index in [9.17, 15) is 5.11 Å². The average molecular weight is 343 g/mol. The molecule has 0 spiro atoms. The number of rotatable bonds is 2. The molecule has 26 heavy (non-hydrogen) atoms. The summed E-state index contributed by atoms with van der Waals surface area (Å²) in [7, 11) is 1.89. The number of aliphatic hydroxyl groups excluding tert-OH is 1. The van der Waals surface area contributed by atoms with E-state index in [2.05, 4.69) is 11.1 Å². The molecule has 3 aromatic rings. The van der Waals surface area contributed by atoms with Crippen LogP contribution in [0.4, 0.5) is 5.69 Å². The second-order valence-electron chi connectivity index (χ2n) is 6.40. The number of nitriles is 1. The Bertz CT molecular complexity index is 1120. The molecule has 6 nitrogen and oxygen atoms in total. The highest BCUT2D eigenvalue weighted by Crippen LogP contribution is 2.32. The Morgan fingerprint density at radius 2 is 1.92 bits per heavy atom. The maximum atomic E-state index is 10.5. The summed E-state index contributed by atoms with van der Waals surface area (Å²) in [6.07, 6.45) is 0. The lowest BCUT2D eigenvalue weighted by atomic mass is 10.2. The number of hydrogen-bond donors (Lipinski definition) is 2. The van der Waals surface area contributed by atoms with Crippen molar-refractivity contribution in [2.75, 3.05) is 11.4 Å². The molecule has 4 rings (SSSR count). The standard InChI is InChI=1S/C20H17N5O/c1-12-3-8-16-15(9-12)23-20(24(16)2)18-17(26)11-25(19(18)22)14-6-4-13(10-21)5-7-14/h3-9,22,26H,11H2,1-2H3. The monoisotopic (exact) mass is 343 g/mol. The molecule has 0 saturated carbocycles. The Hall–Kier alpha value is -3.59. The fourth-order valence-corrected chi connectivity index (χ4v) is 3.28. The quantitative estimate of drug-likeness (QED) is 0.745. The third kappa shape index (κ3) is 2.33. The van der Waals surface area contributed by atoms with Crippen molar-refractivity contribution >= 4 is 28.1 Å². The minimum Gasteiger partial charge on any atom is -0.509 e. The first-order valence-electron chi connectivity index (χ1n) is 8.22. The topological polar surface area (TPSA) is 88.9 Å². The number of aryl methyl sites for hydroxylation is 2. The Morgan fingerprint density at radius 1 is 1.19 bits per heavy atom. The predicted molar refractivity (Wildman–Crippen MR) is 101 cm³/mol. The van der Waals surface area contributed by atoms with E-state index in [1.165, 1.54) is 0 Å². The summed E-state index contributed by atoms with van der Waals surface area (Å²) in [4.78, 5) is 6.35. The van der Waals surface area contributed by atoms with Gasteiger partial charge >= 0.3 is 0 Å². The van der Waals surface area contributed by atoms with Gasteiger partial charge in [0.15, 0.2) is 0 Å². The van der Waals surface area contributed by atoms with Gasteiger partial charge < -0.3 is 14.6 Å². The van der Waals surface area contributed by atoms with E-state index in [0.717, 1.165) is 22.3 Å². The van der Waals surface area contributed by atoms with Crippen molar-refractivity contribution in [3.8, 4) is 6.07 Å². The summed E-state index contributed by atoms with van der Waals surface area (Å²) < 4.78 is 1.90. The van der Waals surface area contributed by atoms with Crippen LogP contribution in [-0.2, 0) is 7.05 Å². The first-order valence-corrected chi connectivity index (χ1v) is 8.22. The van der Waals surface area contributed by atoms with Gasteiger partial charge in [-0.1, -0.05) is 6.07 Å². The van der Waals surface area contributed by atoms with E-state index in [-0.39, 0.29) is 18.1 Å². The van der Waals surface area contributed by atoms with Gasteiger partial charge in [0.1, 0.15) is 17.4 Å². The van der Waals surface area contributed by atoms with E-state index >= 15 is 0 Å². The van der Waals surface area contributed by atoms with Gasteiger partial charge in [0.2, 0.25) is 0 Å². The number of amidine groups is 1. The average Bonchev–Trinajstić information content (AvgIpc) is 3.11. The van der Waals surface area contributed by atoms with Gasteiger partial charge in [-0.15, -0.1) is 0 Å². The lowest BCUT2D eigenvalue weighted by molar-refractivity contribution is 0.411. The van der Waals surface area contributed by atoms with Crippen LogP contribution in [0.3, 0.4) is 0 Å². The molecule has 0 radical (unpaired) electrons. The maximum Gasteiger partial charge on any atom is 0.148 e. The van der Waals surface area contributed by atoms with Crippen LogP contribution < -0.4 is 4.90 Å². The van der Waals surface area contributed by atoms with E-state index in [1.54, 1.807) is 29.2 Å². The second-order valence-corrected chi connectivity index (χ2v) is 6.40. The Morgan fingerprint density at radius 3 is 2.62 bits per heavy atom. The van der Waals surface area contributed by atoms with Crippen LogP contribution in [0.5, 0.6) is 0 Å². The van der Waals surface area contributed by atoms with Crippen LogP contribution in [-0.4, -0.2) is 27.0 Å². The van der Waals surface area contributed by atoms with Gasteiger partial charge in [0.25, 0.3) is 0 Å². The zero-order valence-corrected chi connectivity index (χ0v) is 14.5. The number of fused-ring (bicyclic) bond motifs is 1. The number of anilines is 1. The van der Waals surface area contributed by atoms with E-state index in [1.807, 2.05) is 36.7 Å². The molecular formula is C20H17N5O. The third-order valence-corrected chi connectivity index (χ3v) is 4.67. The minimum atomic E-state index is 0.120. The maximum absolute atomic E-state index is 10.5. The number of nitrogens with one attached hydrogen (secondary N) is 1. The van der Waals surface area contributed by atoms with Crippen molar-refractivity contribution in [2.45, 2.75) is 6.92 Å². The molecule has 128 valence electrons. The molecule has 0 bridgehead atoms. The molecule has 0 fully saturated rings. The lowest BCUT2D eigenvalue weighted by Crippen LogP contribution is -2.26. The fourth-order valence-electron chi connectivity index (χ4n) is 3.28. The second kappa shape index (κ2) is 5.74. The number of nitrogens with zero attached hydrogens (tertiary/aromatic N) is 4. The number of aromatic nitrogens is 2. The summed E-state index contributed by atoms with van der Waals surface area (Å²) >= 11 is 0. The van der Waals surface area contributed by atoms with Crippen LogP contribution in [0.1, 0.15) is 17.0 Å². The molecule has 0 aliphatic carbocycles. The minimum absolute atomic E-state index is 0.120. The SMILES string of the molecule is Cc1ccc2c(c1)nc(C1=C(O)CN(c3ccc(C#N)cc3)C1=N)n2C. The highest BCUT2D eigenvalue weighted by atomic mass is 16.3. The molecule has 2 heterocycles. The molecule has 0 saturated heterocycles. The summed E-state index contributed by atoms with van der Waals surface area (Å²) in [6, 6.07) is 15.1. The molecular weight excluding hydrogens is 326 g/mol. The zero-order valence-electron chi connectivity index (χ0n) is 14.5. The molecule has 0 atom stereocenters. The molecule has 1 aromatic heterocycles. The van der Waals surface area contributed by atoms with Crippen LogP contribution in [0, 0.1) is 23.7 Å². The number of aliphatic hydroxyl groups is 1. The normalized spacial score (nSPS) is 14.3. The lowest BCUT2D eigenvalue weighted by Gasteiger charge is -2.18. The van der Waals surface area contributed by atoms with Gasteiger partial charge in [-0.25, -0.2) is 4.98 Å². The van der Waals surface area contributed by atoms with Gasteiger partial charge in [-0.05, 0) is 48.9 Å². The molecule has 6 heteroatoms. The zero-order chi connectivity index (χ0) is 18.4. The van der Waals surface area contributed by atoms with E-state index < -0.39 is 0 Å². The van der Waals surface area contributed by atoms with Crippen molar-refractivity contribution < 1.29 is 5.11 Å². The van der Waals surface area contributed by atoms with Crippen LogP contribution >= 0.6 is 0 Å².